The second-order valence-electron chi connectivity index (χ2n) is 4.07. The second kappa shape index (κ2) is 5.87. The third-order valence-electron chi connectivity index (χ3n) is 2.86. The van der Waals surface area contributed by atoms with Crippen LogP contribution in [0.3, 0.4) is 0 Å². The topological polar surface area (TPSA) is 29.3 Å². The quantitative estimate of drug-likeness (QED) is 0.928. The fourth-order valence-electron chi connectivity index (χ4n) is 2.08. The van der Waals surface area contributed by atoms with Crippen LogP contribution in [0.15, 0.2) is 15.9 Å². The normalized spacial score (nSPS) is 24.6. The minimum atomic E-state index is 0.402. The van der Waals surface area contributed by atoms with Gasteiger partial charge in [-0.2, -0.15) is 11.8 Å². The number of rotatable bonds is 3. The molecule has 1 aromatic rings. The molecule has 1 aliphatic rings. The largest absolute Gasteiger partial charge is 0.329 e. The Morgan fingerprint density at radius 3 is 3.00 bits per heavy atom. The zero-order chi connectivity index (χ0) is 11.5. The van der Waals surface area contributed by atoms with Crippen molar-refractivity contribution in [3.63, 3.8) is 0 Å². The van der Waals surface area contributed by atoms with Crippen molar-refractivity contribution in [3.05, 3.63) is 20.8 Å². The number of halogens is 1. The minimum absolute atomic E-state index is 0.402. The van der Waals surface area contributed by atoms with Gasteiger partial charge in [-0.3, -0.25) is 4.90 Å². The summed E-state index contributed by atoms with van der Waals surface area (Å²) in [5, 5.41) is 0.728. The summed E-state index contributed by atoms with van der Waals surface area (Å²) in [7, 11) is 0. The van der Waals surface area contributed by atoms with E-state index < -0.39 is 0 Å². The van der Waals surface area contributed by atoms with E-state index in [-0.39, 0.29) is 0 Å². The molecular weight excluding hydrogens is 304 g/mol. The number of hydrogen-bond donors (Lipinski definition) is 1. The average molecular weight is 321 g/mol. The second-order valence-corrected chi connectivity index (χ2v) is 8.11. The summed E-state index contributed by atoms with van der Waals surface area (Å²) in [6.45, 7) is 5.33. The molecule has 2 rings (SSSR count). The van der Waals surface area contributed by atoms with Crippen LogP contribution < -0.4 is 5.73 Å². The molecule has 0 radical (unpaired) electrons. The fourth-order valence-corrected chi connectivity index (χ4v) is 4.69. The van der Waals surface area contributed by atoms with Crippen LogP contribution >= 0.6 is 39.0 Å². The lowest BCUT2D eigenvalue weighted by Crippen LogP contribution is -2.41. The van der Waals surface area contributed by atoms with Gasteiger partial charge in [0.25, 0.3) is 0 Å². The Hall–Kier alpha value is 0.450. The minimum Gasteiger partial charge on any atom is -0.329 e. The average Bonchev–Trinajstić information content (AvgIpc) is 2.66. The van der Waals surface area contributed by atoms with E-state index in [1.807, 2.05) is 0 Å². The number of thiophene rings is 1. The molecule has 0 aromatic carbocycles. The fraction of sp³-hybridized carbons (Fsp3) is 0.636. The van der Waals surface area contributed by atoms with Gasteiger partial charge in [0.1, 0.15) is 0 Å². The Kier molecular flexibility index (Phi) is 4.73. The Labute approximate surface area is 114 Å². The summed E-state index contributed by atoms with van der Waals surface area (Å²) in [6, 6.07) is 4.71. The van der Waals surface area contributed by atoms with E-state index >= 15 is 0 Å². The molecule has 2 unspecified atom stereocenters. The summed E-state index contributed by atoms with van der Waals surface area (Å²) < 4.78 is 1.19. The van der Waals surface area contributed by atoms with Crippen molar-refractivity contribution in [2.75, 3.05) is 25.4 Å². The van der Waals surface area contributed by atoms with Crippen LogP contribution in [-0.4, -0.2) is 35.5 Å². The van der Waals surface area contributed by atoms with E-state index in [0.717, 1.165) is 18.3 Å². The van der Waals surface area contributed by atoms with Crippen LogP contribution in [-0.2, 0) is 0 Å². The first kappa shape index (κ1) is 12.9. The molecule has 0 amide bonds. The summed E-state index contributed by atoms with van der Waals surface area (Å²) in [5.74, 6) is 1.23. The molecule has 0 aliphatic carbocycles. The van der Waals surface area contributed by atoms with Crippen molar-refractivity contribution >= 4 is 39.0 Å². The van der Waals surface area contributed by atoms with Gasteiger partial charge >= 0.3 is 0 Å². The molecule has 2 atom stereocenters. The molecule has 1 aliphatic heterocycles. The van der Waals surface area contributed by atoms with E-state index in [2.05, 4.69) is 51.6 Å². The molecular formula is C11H17BrN2S2. The number of thioether (sulfide) groups is 1. The van der Waals surface area contributed by atoms with Crippen LogP contribution in [0.2, 0.25) is 0 Å². The number of nitrogens with zero attached hydrogens (tertiary/aromatic N) is 1. The van der Waals surface area contributed by atoms with Crippen molar-refractivity contribution in [3.8, 4) is 0 Å². The first-order chi connectivity index (χ1) is 7.70. The van der Waals surface area contributed by atoms with E-state index in [9.17, 15) is 0 Å². The summed E-state index contributed by atoms with van der Waals surface area (Å²) >= 11 is 7.39. The van der Waals surface area contributed by atoms with E-state index in [1.54, 1.807) is 11.3 Å². The zero-order valence-electron chi connectivity index (χ0n) is 9.36. The number of hydrogen-bond acceptors (Lipinski definition) is 4. The van der Waals surface area contributed by atoms with E-state index in [0.29, 0.717) is 12.6 Å². The third kappa shape index (κ3) is 3.01. The third-order valence-corrected chi connectivity index (χ3v) is 5.72. The molecule has 90 valence electrons. The van der Waals surface area contributed by atoms with Crippen molar-refractivity contribution in [2.24, 2.45) is 5.73 Å². The SMILES string of the molecule is CC1CN(C(CN)c2ccc(Br)s2)CCS1. The van der Waals surface area contributed by atoms with Gasteiger partial charge in [-0.15, -0.1) is 11.3 Å². The molecule has 5 heteroatoms. The molecule has 0 spiro atoms. The van der Waals surface area contributed by atoms with Crippen molar-refractivity contribution in [1.82, 2.24) is 4.90 Å². The smallest absolute Gasteiger partial charge is 0.0702 e. The summed E-state index contributed by atoms with van der Waals surface area (Å²) in [6.07, 6.45) is 0. The molecule has 2 nitrogen and oxygen atoms in total. The predicted molar refractivity (Wildman–Crippen MR) is 77.3 cm³/mol. The van der Waals surface area contributed by atoms with Gasteiger partial charge in [0.15, 0.2) is 0 Å². The van der Waals surface area contributed by atoms with Gasteiger partial charge in [-0.25, -0.2) is 0 Å². The van der Waals surface area contributed by atoms with E-state index in [1.165, 1.54) is 14.4 Å². The van der Waals surface area contributed by atoms with Crippen LogP contribution in [0.4, 0.5) is 0 Å². The lowest BCUT2D eigenvalue weighted by atomic mass is 10.2. The lowest BCUT2D eigenvalue weighted by Gasteiger charge is -2.36. The molecule has 16 heavy (non-hydrogen) atoms. The van der Waals surface area contributed by atoms with Crippen molar-refractivity contribution < 1.29 is 0 Å². The molecule has 0 saturated carbocycles. The van der Waals surface area contributed by atoms with Crippen molar-refractivity contribution in [1.29, 1.82) is 0 Å². The maximum absolute atomic E-state index is 5.93. The maximum Gasteiger partial charge on any atom is 0.0702 e. The highest BCUT2D eigenvalue weighted by Gasteiger charge is 2.25. The highest BCUT2D eigenvalue weighted by Crippen LogP contribution is 2.32. The highest BCUT2D eigenvalue weighted by atomic mass is 79.9. The monoisotopic (exact) mass is 320 g/mol. The van der Waals surface area contributed by atoms with Crippen LogP contribution in [0.5, 0.6) is 0 Å². The Morgan fingerprint density at radius 1 is 1.62 bits per heavy atom. The molecule has 0 bridgehead atoms. The first-order valence-corrected chi connectivity index (χ1v) is 8.17. The standard InChI is InChI=1S/C11H17BrN2S2/c1-8-7-14(4-5-15-8)9(6-13)10-2-3-11(12)16-10/h2-3,8-9H,4-7,13H2,1H3. The van der Waals surface area contributed by atoms with Crippen LogP contribution in [0.25, 0.3) is 0 Å². The molecule has 1 fully saturated rings. The van der Waals surface area contributed by atoms with Crippen molar-refractivity contribution in [2.45, 2.75) is 18.2 Å². The molecule has 1 saturated heterocycles. The first-order valence-electron chi connectivity index (χ1n) is 5.51. The molecule has 1 aromatic heterocycles. The zero-order valence-corrected chi connectivity index (χ0v) is 12.6. The number of nitrogens with two attached hydrogens (primary N) is 1. The molecule has 2 N–H and O–H groups in total. The van der Waals surface area contributed by atoms with Gasteiger partial charge in [0.2, 0.25) is 0 Å². The van der Waals surface area contributed by atoms with Crippen LogP contribution in [0, 0.1) is 0 Å². The maximum atomic E-state index is 5.93. The van der Waals surface area contributed by atoms with Gasteiger partial charge < -0.3 is 5.73 Å². The van der Waals surface area contributed by atoms with E-state index in [4.69, 9.17) is 5.73 Å². The molecule has 2 heterocycles. The van der Waals surface area contributed by atoms with Gasteiger partial charge in [-0.05, 0) is 28.1 Å². The Morgan fingerprint density at radius 2 is 2.44 bits per heavy atom. The predicted octanol–water partition coefficient (Wildman–Crippen LogP) is 2.95. The Balaban J connectivity index is 2.09. The Bertz CT molecular complexity index is 342. The highest BCUT2D eigenvalue weighted by molar-refractivity contribution is 9.11. The van der Waals surface area contributed by atoms with Crippen LogP contribution in [0.1, 0.15) is 17.8 Å². The van der Waals surface area contributed by atoms with Gasteiger partial charge in [0.05, 0.1) is 9.83 Å². The summed E-state index contributed by atoms with van der Waals surface area (Å²) in [4.78, 5) is 3.91. The lowest BCUT2D eigenvalue weighted by molar-refractivity contribution is 0.214. The van der Waals surface area contributed by atoms with Gasteiger partial charge in [0, 0.05) is 35.5 Å². The summed E-state index contributed by atoms with van der Waals surface area (Å²) in [5.41, 5.74) is 5.93. The van der Waals surface area contributed by atoms with Gasteiger partial charge in [-0.1, -0.05) is 6.92 Å².